The molecule has 8 heteroatoms. The number of H-pyrrole nitrogens is 1. The number of nitrogens with two attached hydrogens (primary N) is 1. The summed E-state index contributed by atoms with van der Waals surface area (Å²) in [6.45, 7) is 5.45. The highest BCUT2D eigenvalue weighted by molar-refractivity contribution is 6.15. The van der Waals surface area contributed by atoms with Crippen LogP contribution in [0.15, 0.2) is 84.0 Å². The number of hydrogen-bond acceptors (Lipinski definition) is 6. The van der Waals surface area contributed by atoms with Gasteiger partial charge in [0.15, 0.2) is 0 Å². The lowest BCUT2D eigenvalue weighted by Gasteiger charge is -2.12. The van der Waals surface area contributed by atoms with Gasteiger partial charge in [-0.25, -0.2) is 4.98 Å². The van der Waals surface area contributed by atoms with Crippen molar-refractivity contribution in [2.45, 2.75) is 32.6 Å². The number of aromatic nitrogens is 3. The summed E-state index contributed by atoms with van der Waals surface area (Å²) in [6.07, 6.45) is 12.7. The largest absolute Gasteiger partial charge is 0.383 e. The zero-order chi connectivity index (χ0) is 27.4. The molecule has 3 heterocycles. The number of benzene rings is 1. The molecule has 0 atom stereocenters. The van der Waals surface area contributed by atoms with Crippen LogP contribution in [0.25, 0.3) is 27.6 Å². The standard InChI is InChI=1S/C31H31N7O/c1-19(37-31(39)21-6-3-4-7-21)14-22(17-34-2)23-15-26(30(33)36-18-23)29(32)28-16-25-24(8-5-9-27(25)38-28)20-10-12-35-13-11-20/h5,8-18,21,32,38H,2-4,6-7H2,1H3,(H2,33,36)(H,37,39)/b19-14+,22-17+,32-29?. The fraction of sp³-hybridized carbons (Fsp3) is 0.194. The van der Waals surface area contributed by atoms with Crippen LogP contribution >= 0.6 is 0 Å². The third kappa shape index (κ3) is 5.55. The van der Waals surface area contributed by atoms with E-state index in [4.69, 9.17) is 11.1 Å². The number of amides is 1. The maximum atomic E-state index is 12.6. The normalized spacial score (nSPS) is 14.5. The molecular formula is C31H31N7O. The fourth-order valence-corrected chi connectivity index (χ4v) is 5.10. The van der Waals surface area contributed by atoms with Crippen LogP contribution in [0.3, 0.4) is 0 Å². The smallest absolute Gasteiger partial charge is 0.227 e. The first kappa shape index (κ1) is 25.8. The molecule has 3 aromatic heterocycles. The lowest BCUT2D eigenvalue weighted by atomic mass is 10.0. The second-order valence-electron chi connectivity index (χ2n) is 9.78. The second kappa shape index (κ2) is 11.3. The summed E-state index contributed by atoms with van der Waals surface area (Å²) in [5, 5.41) is 13.0. The van der Waals surface area contributed by atoms with Crippen LogP contribution < -0.4 is 11.1 Å². The van der Waals surface area contributed by atoms with E-state index in [0.717, 1.165) is 47.7 Å². The van der Waals surface area contributed by atoms with Crippen molar-refractivity contribution in [2.24, 2.45) is 10.9 Å². The first-order chi connectivity index (χ1) is 18.9. The third-order valence-electron chi connectivity index (χ3n) is 7.09. The summed E-state index contributed by atoms with van der Waals surface area (Å²) in [7, 11) is 0. The number of pyridine rings is 2. The SMILES string of the molecule is C=N/C=C(\C=C(/C)NC(=O)C1CCCC1)c1cnc(N)c(C(=N)c2cc3c(-c4ccncc4)cccc3[nH]2)c1. The molecule has 1 aliphatic rings. The summed E-state index contributed by atoms with van der Waals surface area (Å²) in [6, 6.07) is 13.7. The van der Waals surface area contributed by atoms with E-state index in [1.54, 1.807) is 24.8 Å². The number of nitrogen functional groups attached to an aromatic ring is 1. The molecule has 1 saturated carbocycles. The highest BCUT2D eigenvalue weighted by Crippen LogP contribution is 2.31. The van der Waals surface area contributed by atoms with Crippen LogP contribution in [0, 0.1) is 11.3 Å². The van der Waals surface area contributed by atoms with Gasteiger partial charge >= 0.3 is 0 Å². The number of rotatable bonds is 8. The lowest BCUT2D eigenvalue weighted by Crippen LogP contribution is -2.27. The summed E-state index contributed by atoms with van der Waals surface area (Å²) in [5.41, 5.74) is 12.7. The van der Waals surface area contributed by atoms with Gasteiger partial charge in [-0.3, -0.25) is 20.2 Å². The van der Waals surface area contributed by atoms with Gasteiger partial charge in [0.2, 0.25) is 5.91 Å². The summed E-state index contributed by atoms with van der Waals surface area (Å²) >= 11 is 0. The zero-order valence-electron chi connectivity index (χ0n) is 21.9. The van der Waals surface area contributed by atoms with Crippen molar-refractivity contribution >= 4 is 40.6 Å². The Bertz CT molecular complexity index is 1610. The number of aliphatic imine (C=N–C) groups is 1. The van der Waals surface area contributed by atoms with Gasteiger partial charge in [0, 0.05) is 64.0 Å². The van der Waals surface area contributed by atoms with Crippen molar-refractivity contribution in [1.29, 1.82) is 5.41 Å². The van der Waals surface area contributed by atoms with E-state index in [1.807, 2.05) is 49.4 Å². The number of carbonyl (C=O) groups excluding carboxylic acids is 1. The summed E-state index contributed by atoms with van der Waals surface area (Å²) in [5.74, 6) is 0.367. The predicted molar refractivity (Wildman–Crippen MR) is 157 cm³/mol. The highest BCUT2D eigenvalue weighted by atomic mass is 16.1. The number of fused-ring (bicyclic) bond motifs is 1. The van der Waals surface area contributed by atoms with Crippen LogP contribution in [0.4, 0.5) is 5.82 Å². The molecule has 0 spiro atoms. The average molecular weight is 518 g/mol. The van der Waals surface area contributed by atoms with Gasteiger partial charge in [-0.05, 0) is 74.0 Å². The van der Waals surface area contributed by atoms with Crippen molar-refractivity contribution in [3.8, 4) is 11.1 Å². The maximum Gasteiger partial charge on any atom is 0.227 e. The van der Waals surface area contributed by atoms with E-state index < -0.39 is 0 Å². The van der Waals surface area contributed by atoms with Crippen molar-refractivity contribution in [1.82, 2.24) is 20.3 Å². The maximum absolute atomic E-state index is 12.6. The van der Waals surface area contributed by atoms with Gasteiger partial charge in [-0.1, -0.05) is 25.0 Å². The van der Waals surface area contributed by atoms with Crippen LogP contribution in [-0.4, -0.2) is 33.3 Å². The molecule has 5 N–H and O–H groups in total. The molecule has 1 fully saturated rings. The molecule has 1 aromatic carbocycles. The Labute approximate surface area is 227 Å². The number of allylic oxidation sites excluding steroid dienone is 3. The minimum absolute atomic E-state index is 0.0509. The van der Waals surface area contributed by atoms with Gasteiger partial charge in [0.25, 0.3) is 0 Å². The van der Waals surface area contributed by atoms with Gasteiger partial charge in [0.1, 0.15) is 5.82 Å². The van der Waals surface area contributed by atoms with E-state index in [1.165, 1.54) is 0 Å². The van der Waals surface area contributed by atoms with E-state index in [-0.39, 0.29) is 23.4 Å². The van der Waals surface area contributed by atoms with Gasteiger partial charge in [-0.15, -0.1) is 0 Å². The fourth-order valence-electron chi connectivity index (χ4n) is 5.10. The predicted octanol–water partition coefficient (Wildman–Crippen LogP) is 5.87. The Balaban J connectivity index is 1.45. The molecule has 4 aromatic rings. The first-order valence-corrected chi connectivity index (χ1v) is 13.0. The molecule has 8 nitrogen and oxygen atoms in total. The van der Waals surface area contributed by atoms with Gasteiger partial charge in [-0.2, -0.15) is 0 Å². The van der Waals surface area contributed by atoms with E-state index in [9.17, 15) is 4.79 Å². The number of nitrogens with zero attached hydrogens (tertiary/aromatic N) is 3. The van der Waals surface area contributed by atoms with Gasteiger partial charge in [0.05, 0.1) is 11.4 Å². The molecule has 1 amide bonds. The Morgan fingerprint density at radius 3 is 2.72 bits per heavy atom. The number of aromatic amines is 1. The average Bonchev–Trinajstić information content (AvgIpc) is 3.64. The van der Waals surface area contributed by atoms with Crippen LogP contribution in [0.1, 0.15) is 49.4 Å². The molecular weight excluding hydrogens is 486 g/mol. The first-order valence-electron chi connectivity index (χ1n) is 13.0. The number of carbonyl (C=O) groups is 1. The Hall–Kier alpha value is -4.85. The summed E-state index contributed by atoms with van der Waals surface area (Å²) < 4.78 is 0. The van der Waals surface area contributed by atoms with Crippen molar-refractivity contribution in [3.05, 3.63) is 95.8 Å². The molecule has 0 unspecified atom stereocenters. The van der Waals surface area contributed by atoms with Crippen molar-refractivity contribution in [3.63, 3.8) is 0 Å². The van der Waals surface area contributed by atoms with Gasteiger partial charge < -0.3 is 16.0 Å². The minimum atomic E-state index is 0.0509. The van der Waals surface area contributed by atoms with Crippen LogP contribution in [0.5, 0.6) is 0 Å². The summed E-state index contributed by atoms with van der Waals surface area (Å²) in [4.78, 5) is 28.4. The van der Waals surface area contributed by atoms with Crippen molar-refractivity contribution < 1.29 is 4.79 Å². The van der Waals surface area contributed by atoms with Crippen LogP contribution in [0.2, 0.25) is 0 Å². The zero-order valence-corrected chi connectivity index (χ0v) is 21.9. The Morgan fingerprint density at radius 1 is 1.21 bits per heavy atom. The number of anilines is 1. The Kier molecular flexibility index (Phi) is 7.45. The second-order valence-corrected chi connectivity index (χ2v) is 9.78. The lowest BCUT2D eigenvalue weighted by molar-refractivity contribution is -0.124. The molecule has 39 heavy (non-hydrogen) atoms. The third-order valence-corrected chi connectivity index (χ3v) is 7.09. The minimum Gasteiger partial charge on any atom is -0.383 e. The quantitative estimate of drug-likeness (QED) is 0.172. The topological polar surface area (TPSA) is 133 Å². The van der Waals surface area contributed by atoms with E-state index in [2.05, 4.69) is 38.0 Å². The molecule has 196 valence electrons. The molecule has 1 aliphatic carbocycles. The highest BCUT2D eigenvalue weighted by Gasteiger charge is 2.22. The van der Waals surface area contributed by atoms with Crippen LogP contribution in [-0.2, 0) is 4.79 Å². The Morgan fingerprint density at radius 2 is 1.97 bits per heavy atom. The molecule has 0 saturated heterocycles. The number of nitrogens with one attached hydrogen (secondary N) is 3. The molecule has 5 rings (SSSR count). The number of hydrogen-bond donors (Lipinski definition) is 4. The molecule has 0 bridgehead atoms. The van der Waals surface area contributed by atoms with E-state index >= 15 is 0 Å². The monoisotopic (exact) mass is 517 g/mol. The van der Waals surface area contributed by atoms with E-state index in [0.29, 0.717) is 28.1 Å². The molecule has 0 aliphatic heterocycles. The van der Waals surface area contributed by atoms with Crippen molar-refractivity contribution in [2.75, 3.05) is 5.73 Å². The molecule has 0 radical (unpaired) electrons.